The smallest absolute Gasteiger partial charge is 0.242 e. The van der Waals surface area contributed by atoms with Crippen LogP contribution in [0.15, 0.2) is 53.4 Å². The minimum Gasteiger partial charge on any atom is -0.371 e. The lowest BCUT2D eigenvalue weighted by atomic mass is 10.1. The lowest BCUT2D eigenvalue weighted by Gasteiger charge is -2.33. The van der Waals surface area contributed by atoms with E-state index in [2.05, 4.69) is 21.8 Å². The van der Waals surface area contributed by atoms with E-state index in [1.54, 1.807) is 6.07 Å². The Morgan fingerprint density at radius 1 is 1.15 bits per heavy atom. The summed E-state index contributed by atoms with van der Waals surface area (Å²) < 4.78 is 33.3. The van der Waals surface area contributed by atoms with E-state index in [1.807, 2.05) is 18.2 Å². The lowest BCUT2D eigenvalue weighted by molar-refractivity contribution is -0.0300. The summed E-state index contributed by atoms with van der Waals surface area (Å²) in [5, 5.41) is 0.492. The summed E-state index contributed by atoms with van der Waals surface area (Å²) in [4.78, 5) is 2.30. The molecule has 0 saturated carbocycles. The van der Waals surface area contributed by atoms with Gasteiger partial charge in [-0.25, -0.2) is 13.1 Å². The Bertz CT molecular complexity index is 863. The SMILES string of the molecule is O=S(=O)(NCCCN1CCO[C@@H](c2ccccc2)C1)c1cc(Cl)ccc1Cl. The van der Waals surface area contributed by atoms with Crippen LogP contribution in [0.25, 0.3) is 0 Å². The minimum absolute atomic E-state index is 0.00665. The number of nitrogens with one attached hydrogen (secondary N) is 1. The van der Waals surface area contributed by atoms with Crippen LogP contribution in [0, 0.1) is 0 Å². The van der Waals surface area contributed by atoms with E-state index in [0.717, 1.165) is 19.6 Å². The molecule has 1 fully saturated rings. The molecular weight excluding hydrogens is 407 g/mol. The Hall–Kier alpha value is -1.15. The van der Waals surface area contributed by atoms with Gasteiger partial charge in [0, 0.05) is 24.7 Å². The van der Waals surface area contributed by atoms with E-state index in [4.69, 9.17) is 27.9 Å². The molecular formula is C19H22Cl2N2O3S. The van der Waals surface area contributed by atoms with Crippen molar-refractivity contribution in [1.82, 2.24) is 9.62 Å². The number of sulfonamides is 1. The fourth-order valence-electron chi connectivity index (χ4n) is 3.05. The predicted molar refractivity (Wildman–Crippen MR) is 108 cm³/mol. The Kier molecular flexibility index (Phi) is 7.14. The van der Waals surface area contributed by atoms with E-state index in [0.29, 0.717) is 24.6 Å². The van der Waals surface area contributed by atoms with Crippen molar-refractivity contribution < 1.29 is 13.2 Å². The van der Waals surface area contributed by atoms with Gasteiger partial charge < -0.3 is 4.74 Å². The van der Waals surface area contributed by atoms with Crippen molar-refractivity contribution in [2.75, 3.05) is 32.8 Å². The zero-order valence-electron chi connectivity index (χ0n) is 14.8. The molecule has 146 valence electrons. The van der Waals surface area contributed by atoms with Gasteiger partial charge in [-0.05, 0) is 36.7 Å². The van der Waals surface area contributed by atoms with E-state index >= 15 is 0 Å². The highest BCUT2D eigenvalue weighted by Crippen LogP contribution is 2.25. The van der Waals surface area contributed by atoms with E-state index < -0.39 is 10.0 Å². The molecule has 2 aromatic carbocycles. The molecule has 27 heavy (non-hydrogen) atoms. The summed E-state index contributed by atoms with van der Waals surface area (Å²) in [6.45, 7) is 3.44. The van der Waals surface area contributed by atoms with Crippen LogP contribution in [0.4, 0.5) is 0 Å². The lowest BCUT2D eigenvalue weighted by Crippen LogP contribution is -2.39. The van der Waals surface area contributed by atoms with Gasteiger partial charge in [-0.15, -0.1) is 0 Å². The number of ether oxygens (including phenoxy) is 1. The first-order valence-electron chi connectivity index (χ1n) is 8.79. The first-order valence-corrected chi connectivity index (χ1v) is 11.0. The largest absolute Gasteiger partial charge is 0.371 e. The zero-order valence-corrected chi connectivity index (χ0v) is 17.1. The normalized spacial score (nSPS) is 18.5. The number of rotatable bonds is 7. The molecule has 1 atom stereocenters. The zero-order chi connectivity index (χ0) is 19.3. The second kappa shape index (κ2) is 9.37. The van der Waals surface area contributed by atoms with Crippen LogP contribution in [0.1, 0.15) is 18.1 Å². The summed E-state index contributed by atoms with van der Waals surface area (Å²) in [7, 11) is -3.68. The van der Waals surface area contributed by atoms with Crippen LogP contribution in [-0.4, -0.2) is 46.1 Å². The van der Waals surface area contributed by atoms with Gasteiger partial charge in [0.05, 0.1) is 17.7 Å². The third kappa shape index (κ3) is 5.67. The molecule has 8 heteroatoms. The fraction of sp³-hybridized carbons (Fsp3) is 0.368. The molecule has 0 bridgehead atoms. The monoisotopic (exact) mass is 428 g/mol. The molecule has 0 aliphatic carbocycles. The summed E-state index contributed by atoms with van der Waals surface area (Å²) in [6.07, 6.45) is 0.751. The highest BCUT2D eigenvalue weighted by molar-refractivity contribution is 7.89. The molecule has 1 aliphatic rings. The van der Waals surface area contributed by atoms with Gasteiger partial charge in [-0.2, -0.15) is 0 Å². The van der Waals surface area contributed by atoms with Crippen LogP contribution >= 0.6 is 23.2 Å². The maximum atomic E-state index is 12.4. The van der Waals surface area contributed by atoms with Crippen molar-refractivity contribution in [3.05, 3.63) is 64.1 Å². The van der Waals surface area contributed by atoms with Crippen LogP contribution in [0.3, 0.4) is 0 Å². The molecule has 1 N–H and O–H groups in total. The van der Waals surface area contributed by atoms with Gasteiger partial charge >= 0.3 is 0 Å². The molecule has 0 spiro atoms. The van der Waals surface area contributed by atoms with Crippen molar-refractivity contribution in [2.24, 2.45) is 0 Å². The minimum atomic E-state index is -3.68. The number of hydrogen-bond acceptors (Lipinski definition) is 4. The van der Waals surface area contributed by atoms with Crippen molar-refractivity contribution in [1.29, 1.82) is 0 Å². The van der Waals surface area contributed by atoms with Gasteiger partial charge in [0.2, 0.25) is 10.0 Å². The number of halogens is 2. The molecule has 2 aromatic rings. The van der Waals surface area contributed by atoms with Gasteiger partial charge in [0.15, 0.2) is 0 Å². The topological polar surface area (TPSA) is 58.6 Å². The van der Waals surface area contributed by atoms with Crippen molar-refractivity contribution in [3.63, 3.8) is 0 Å². The average molecular weight is 429 g/mol. The number of benzene rings is 2. The second-order valence-electron chi connectivity index (χ2n) is 6.40. The predicted octanol–water partition coefficient (Wildman–Crippen LogP) is 3.74. The van der Waals surface area contributed by atoms with Crippen LogP contribution in [-0.2, 0) is 14.8 Å². The highest BCUT2D eigenvalue weighted by Gasteiger charge is 2.22. The summed E-state index contributed by atoms with van der Waals surface area (Å²) >= 11 is 11.9. The number of nitrogens with zero attached hydrogens (tertiary/aromatic N) is 1. The summed E-state index contributed by atoms with van der Waals surface area (Å²) in [5.74, 6) is 0. The van der Waals surface area contributed by atoms with Crippen LogP contribution in [0.2, 0.25) is 10.0 Å². The standard InChI is InChI=1S/C19H22Cl2N2O3S/c20-16-7-8-17(21)19(13-16)27(24,25)22-9-4-10-23-11-12-26-18(14-23)15-5-2-1-3-6-15/h1-3,5-8,13,18,22H,4,9-12,14H2/t18-/m1/s1. The maximum absolute atomic E-state index is 12.4. The average Bonchev–Trinajstić information content (AvgIpc) is 2.68. The summed E-state index contributed by atoms with van der Waals surface area (Å²) in [6, 6.07) is 14.5. The molecule has 0 aromatic heterocycles. The van der Waals surface area contributed by atoms with E-state index in [1.165, 1.54) is 17.7 Å². The molecule has 0 amide bonds. The quantitative estimate of drug-likeness (QED) is 0.682. The number of morpholine rings is 1. The first kappa shape index (κ1) is 20.6. The van der Waals surface area contributed by atoms with Crippen molar-refractivity contribution in [2.45, 2.75) is 17.4 Å². The highest BCUT2D eigenvalue weighted by atomic mass is 35.5. The van der Waals surface area contributed by atoms with E-state index in [9.17, 15) is 8.42 Å². The molecule has 3 rings (SSSR count). The van der Waals surface area contributed by atoms with Crippen molar-refractivity contribution >= 4 is 33.2 Å². The van der Waals surface area contributed by atoms with Gasteiger partial charge in [-0.3, -0.25) is 4.90 Å². The fourth-order valence-corrected chi connectivity index (χ4v) is 4.88. The van der Waals surface area contributed by atoms with Gasteiger partial charge in [0.1, 0.15) is 4.90 Å². The van der Waals surface area contributed by atoms with Crippen molar-refractivity contribution in [3.8, 4) is 0 Å². The molecule has 1 heterocycles. The van der Waals surface area contributed by atoms with Crippen LogP contribution < -0.4 is 4.72 Å². The third-order valence-corrected chi connectivity index (χ3v) is 6.63. The molecule has 5 nitrogen and oxygen atoms in total. The second-order valence-corrected chi connectivity index (χ2v) is 8.98. The number of hydrogen-bond donors (Lipinski definition) is 1. The van der Waals surface area contributed by atoms with E-state index in [-0.39, 0.29) is 16.0 Å². The summed E-state index contributed by atoms with van der Waals surface area (Å²) in [5.41, 5.74) is 1.17. The third-order valence-electron chi connectivity index (χ3n) is 4.45. The maximum Gasteiger partial charge on any atom is 0.242 e. The molecule has 0 unspecified atom stereocenters. The van der Waals surface area contributed by atoms with Gasteiger partial charge in [0.25, 0.3) is 0 Å². The molecule has 1 saturated heterocycles. The Balaban J connectivity index is 1.49. The first-order chi connectivity index (χ1) is 13.0. The molecule has 1 aliphatic heterocycles. The van der Waals surface area contributed by atoms with Crippen LogP contribution in [0.5, 0.6) is 0 Å². The van der Waals surface area contributed by atoms with Gasteiger partial charge in [-0.1, -0.05) is 53.5 Å². The Labute approximate surface area is 170 Å². The Morgan fingerprint density at radius 3 is 2.70 bits per heavy atom. The Morgan fingerprint density at radius 2 is 1.93 bits per heavy atom. The molecule has 0 radical (unpaired) electrons.